The third kappa shape index (κ3) is 3.88. The Kier molecular flexibility index (Phi) is 5.07. The largest absolute Gasteiger partial charge is 0.478 e. The normalized spacial score (nSPS) is 19.4. The highest BCUT2D eigenvalue weighted by Gasteiger charge is 2.20. The number of carboxylic acids is 1. The molecule has 0 bridgehead atoms. The SMILES string of the molecule is CN(CCC1CCCCN1C)c1ccc(N)cc1C(=O)O. The van der Waals surface area contributed by atoms with Gasteiger partial charge in [0.1, 0.15) is 0 Å². The van der Waals surface area contributed by atoms with Crippen LogP contribution in [0.4, 0.5) is 11.4 Å². The first-order chi connectivity index (χ1) is 9.99. The van der Waals surface area contributed by atoms with Crippen molar-refractivity contribution in [1.29, 1.82) is 0 Å². The lowest BCUT2D eigenvalue weighted by Crippen LogP contribution is -2.38. The number of nitrogens with zero attached hydrogens (tertiary/aromatic N) is 2. The van der Waals surface area contributed by atoms with Gasteiger partial charge < -0.3 is 20.6 Å². The van der Waals surface area contributed by atoms with E-state index in [0.717, 1.165) is 25.2 Å². The average Bonchev–Trinajstić information content (AvgIpc) is 2.46. The number of benzene rings is 1. The van der Waals surface area contributed by atoms with Crippen LogP contribution in [-0.4, -0.2) is 49.2 Å². The second-order valence-electron chi connectivity index (χ2n) is 5.92. The summed E-state index contributed by atoms with van der Waals surface area (Å²) in [5, 5.41) is 9.31. The van der Waals surface area contributed by atoms with Gasteiger partial charge in [-0.15, -0.1) is 0 Å². The highest BCUT2D eigenvalue weighted by Crippen LogP contribution is 2.24. The summed E-state index contributed by atoms with van der Waals surface area (Å²) in [6, 6.07) is 5.68. The molecule has 5 nitrogen and oxygen atoms in total. The molecule has 1 aliphatic rings. The lowest BCUT2D eigenvalue weighted by atomic mass is 10.00. The highest BCUT2D eigenvalue weighted by molar-refractivity contribution is 5.95. The van der Waals surface area contributed by atoms with Crippen molar-refractivity contribution in [3.8, 4) is 0 Å². The van der Waals surface area contributed by atoms with Gasteiger partial charge >= 0.3 is 5.97 Å². The fourth-order valence-electron chi connectivity index (χ4n) is 3.03. The molecule has 1 aromatic rings. The topological polar surface area (TPSA) is 69.8 Å². The van der Waals surface area contributed by atoms with Gasteiger partial charge in [0.15, 0.2) is 0 Å². The molecule has 0 aromatic heterocycles. The second kappa shape index (κ2) is 6.80. The lowest BCUT2D eigenvalue weighted by molar-refractivity contribution is 0.0697. The maximum atomic E-state index is 11.3. The van der Waals surface area contributed by atoms with E-state index < -0.39 is 5.97 Å². The summed E-state index contributed by atoms with van der Waals surface area (Å²) in [6.45, 7) is 2.01. The van der Waals surface area contributed by atoms with Crippen molar-refractivity contribution < 1.29 is 9.90 Å². The molecule has 116 valence electrons. The van der Waals surface area contributed by atoms with Crippen LogP contribution >= 0.6 is 0 Å². The zero-order chi connectivity index (χ0) is 15.4. The minimum absolute atomic E-state index is 0.273. The number of nitrogens with two attached hydrogens (primary N) is 1. The molecule has 1 fully saturated rings. The van der Waals surface area contributed by atoms with E-state index >= 15 is 0 Å². The van der Waals surface area contributed by atoms with Gasteiger partial charge in [0.2, 0.25) is 0 Å². The zero-order valence-electron chi connectivity index (χ0n) is 12.9. The van der Waals surface area contributed by atoms with Crippen molar-refractivity contribution in [2.45, 2.75) is 31.7 Å². The summed E-state index contributed by atoms with van der Waals surface area (Å²) < 4.78 is 0. The highest BCUT2D eigenvalue weighted by atomic mass is 16.4. The Morgan fingerprint density at radius 1 is 1.48 bits per heavy atom. The van der Waals surface area contributed by atoms with Gasteiger partial charge in [-0.1, -0.05) is 6.42 Å². The first-order valence-corrected chi connectivity index (χ1v) is 7.53. The van der Waals surface area contributed by atoms with Gasteiger partial charge in [-0.05, 0) is 51.1 Å². The third-order valence-corrected chi connectivity index (χ3v) is 4.38. The van der Waals surface area contributed by atoms with E-state index in [9.17, 15) is 9.90 Å². The molecule has 3 N–H and O–H groups in total. The van der Waals surface area contributed by atoms with E-state index in [-0.39, 0.29) is 5.56 Å². The molecular formula is C16H25N3O2. The van der Waals surface area contributed by atoms with E-state index in [0.29, 0.717) is 11.7 Å². The van der Waals surface area contributed by atoms with Crippen LogP contribution in [0.1, 0.15) is 36.0 Å². The summed E-state index contributed by atoms with van der Waals surface area (Å²) in [5.41, 5.74) is 7.17. The van der Waals surface area contributed by atoms with E-state index in [1.165, 1.54) is 25.3 Å². The third-order valence-electron chi connectivity index (χ3n) is 4.38. The Hall–Kier alpha value is -1.75. The van der Waals surface area contributed by atoms with Gasteiger partial charge in [-0.3, -0.25) is 0 Å². The summed E-state index contributed by atoms with van der Waals surface area (Å²) in [4.78, 5) is 15.8. The second-order valence-corrected chi connectivity index (χ2v) is 5.92. The predicted octanol–water partition coefficient (Wildman–Crippen LogP) is 2.28. The van der Waals surface area contributed by atoms with Crippen LogP contribution in [0.3, 0.4) is 0 Å². The van der Waals surface area contributed by atoms with Gasteiger partial charge in [-0.25, -0.2) is 4.79 Å². The van der Waals surface area contributed by atoms with Gasteiger partial charge in [0, 0.05) is 25.3 Å². The molecule has 21 heavy (non-hydrogen) atoms. The zero-order valence-corrected chi connectivity index (χ0v) is 12.9. The van der Waals surface area contributed by atoms with Gasteiger partial charge in [0.25, 0.3) is 0 Å². The molecule has 1 saturated heterocycles. The van der Waals surface area contributed by atoms with Crippen LogP contribution in [0.15, 0.2) is 18.2 Å². The Morgan fingerprint density at radius 2 is 2.24 bits per heavy atom. The van der Waals surface area contributed by atoms with Crippen molar-refractivity contribution in [2.24, 2.45) is 0 Å². The van der Waals surface area contributed by atoms with Crippen molar-refractivity contribution in [2.75, 3.05) is 37.8 Å². The number of rotatable bonds is 5. The lowest BCUT2D eigenvalue weighted by Gasteiger charge is -2.34. The van der Waals surface area contributed by atoms with Crippen LogP contribution in [0.2, 0.25) is 0 Å². The predicted molar refractivity (Wildman–Crippen MR) is 86.0 cm³/mol. The minimum atomic E-state index is -0.932. The number of piperidine rings is 1. The van der Waals surface area contributed by atoms with Crippen molar-refractivity contribution >= 4 is 17.3 Å². The number of carbonyl (C=O) groups is 1. The molecule has 1 heterocycles. The summed E-state index contributed by atoms with van der Waals surface area (Å²) in [6.07, 6.45) is 4.86. The van der Waals surface area contributed by atoms with E-state index in [1.54, 1.807) is 12.1 Å². The maximum Gasteiger partial charge on any atom is 0.337 e. The number of likely N-dealkylation sites (tertiary alicyclic amines) is 1. The molecule has 1 atom stereocenters. The van der Waals surface area contributed by atoms with Crippen LogP contribution in [-0.2, 0) is 0 Å². The Morgan fingerprint density at radius 3 is 2.90 bits per heavy atom. The first-order valence-electron chi connectivity index (χ1n) is 7.53. The summed E-state index contributed by atoms with van der Waals surface area (Å²) in [5.74, 6) is -0.932. The molecule has 0 spiro atoms. The van der Waals surface area contributed by atoms with Crippen LogP contribution in [0.5, 0.6) is 0 Å². The van der Waals surface area contributed by atoms with Crippen LogP contribution in [0.25, 0.3) is 0 Å². The number of nitrogen functional groups attached to an aromatic ring is 1. The molecule has 0 aliphatic carbocycles. The number of aromatic carboxylic acids is 1. The quantitative estimate of drug-likeness (QED) is 0.815. The fraction of sp³-hybridized carbons (Fsp3) is 0.562. The number of anilines is 2. The molecule has 0 amide bonds. The molecular weight excluding hydrogens is 266 g/mol. The smallest absolute Gasteiger partial charge is 0.337 e. The Balaban J connectivity index is 2.03. The Labute approximate surface area is 126 Å². The van der Waals surface area contributed by atoms with Crippen molar-refractivity contribution in [3.05, 3.63) is 23.8 Å². The number of carboxylic acid groups (broad SMARTS) is 1. The van der Waals surface area contributed by atoms with Crippen LogP contribution in [0, 0.1) is 0 Å². The molecule has 2 rings (SSSR count). The van der Waals surface area contributed by atoms with Gasteiger partial charge in [-0.2, -0.15) is 0 Å². The molecule has 1 aromatic carbocycles. The standard InChI is InChI=1S/C16H25N3O2/c1-18-9-4-3-5-13(18)8-10-19(2)15-7-6-12(17)11-14(15)16(20)21/h6-7,11,13H,3-5,8-10,17H2,1-2H3,(H,20,21). The Bertz CT molecular complexity index is 504. The first kappa shape index (κ1) is 15.6. The monoisotopic (exact) mass is 291 g/mol. The minimum Gasteiger partial charge on any atom is -0.478 e. The molecule has 5 heteroatoms. The molecule has 0 saturated carbocycles. The van der Waals surface area contributed by atoms with Crippen molar-refractivity contribution in [3.63, 3.8) is 0 Å². The summed E-state index contributed by atoms with van der Waals surface area (Å²) in [7, 11) is 4.12. The summed E-state index contributed by atoms with van der Waals surface area (Å²) >= 11 is 0. The van der Waals surface area contributed by atoms with Crippen LogP contribution < -0.4 is 10.6 Å². The van der Waals surface area contributed by atoms with E-state index in [4.69, 9.17) is 5.73 Å². The average molecular weight is 291 g/mol. The number of hydrogen-bond acceptors (Lipinski definition) is 4. The van der Waals surface area contributed by atoms with Gasteiger partial charge in [0.05, 0.1) is 11.3 Å². The molecule has 1 aliphatic heterocycles. The van der Waals surface area contributed by atoms with E-state index in [2.05, 4.69) is 11.9 Å². The fourth-order valence-corrected chi connectivity index (χ4v) is 3.03. The molecule has 1 unspecified atom stereocenters. The van der Waals surface area contributed by atoms with Crippen molar-refractivity contribution in [1.82, 2.24) is 4.90 Å². The van der Waals surface area contributed by atoms with E-state index in [1.807, 2.05) is 11.9 Å². The molecule has 0 radical (unpaired) electrons. The maximum absolute atomic E-state index is 11.3. The number of hydrogen-bond donors (Lipinski definition) is 2.